The summed E-state index contributed by atoms with van der Waals surface area (Å²) < 4.78 is 5.84. The molecule has 0 bridgehead atoms. The largest absolute Gasteiger partial charge is 0.437 e. The lowest BCUT2D eigenvalue weighted by atomic mass is 10.0. The van der Waals surface area contributed by atoms with Crippen LogP contribution in [0.25, 0.3) is 0 Å². The molecule has 4 rings (SSSR count). The fourth-order valence-electron chi connectivity index (χ4n) is 3.94. The molecule has 1 atom stereocenters. The molecule has 26 heavy (non-hydrogen) atoms. The van der Waals surface area contributed by atoms with Gasteiger partial charge in [0.05, 0.1) is 5.69 Å². The topological polar surface area (TPSA) is 49.6 Å². The van der Waals surface area contributed by atoms with Crippen LogP contribution in [0.15, 0.2) is 28.7 Å². The predicted molar refractivity (Wildman–Crippen MR) is 99.8 cm³/mol. The Kier molecular flexibility index (Phi) is 4.81. The van der Waals surface area contributed by atoms with Crippen LogP contribution in [0, 0.1) is 12.8 Å². The predicted octanol–water partition coefficient (Wildman–Crippen LogP) is 3.41. The van der Waals surface area contributed by atoms with Crippen molar-refractivity contribution in [1.82, 2.24) is 14.8 Å². The van der Waals surface area contributed by atoms with Crippen molar-refractivity contribution in [3.05, 3.63) is 52.7 Å². The van der Waals surface area contributed by atoms with Gasteiger partial charge in [-0.3, -0.25) is 9.69 Å². The molecule has 2 aromatic rings. The number of benzene rings is 1. The Hall–Kier alpha value is -2.14. The highest BCUT2D eigenvalue weighted by molar-refractivity contribution is 5.89. The number of fused-ring (bicyclic) bond motifs is 1. The van der Waals surface area contributed by atoms with Crippen LogP contribution in [-0.2, 0) is 19.5 Å². The summed E-state index contributed by atoms with van der Waals surface area (Å²) in [6.07, 6.45) is 3.08. The van der Waals surface area contributed by atoms with E-state index in [1.807, 2.05) is 4.90 Å². The first kappa shape index (κ1) is 17.3. The number of piperidine rings is 1. The molecular weight excluding hydrogens is 326 g/mol. The highest BCUT2D eigenvalue weighted by Gasteiger charge is 2.29. The molecule has 138 valence electrons. The van der Waals surface area contributed by atoms with E-state index in [0.717, 1.165) is 57.0 Å². The lowest BCUT2D eigenvalue weighted by Crippen LogP contribution is -2.39. The number of aromatic nitrogens is 1. The number of hydrogen-bond acceptors (Lipinski definition) is 4. The molecular formula is C21H27N3O2. The second kappa shape index (κ2) is 7.23. The van der Waals surface area contributed by atoms with Gasteiger partial charge in [0.25, 0.3) is 5.89 Å². The van der Waals surface area contributed by atoms with E-state index in [4.69, 9.17) is 4.42 Å². The van der Waals surface area contributed by atoms with Gasteiger partial charge < -0.3 is 9.32 Å². The molecule has 1 saturated heterocycles. The van der Waals surface area contributed by atoms with Crippen LogP contribution in [0.5, 0.6) is 0 Å². The van der Waals surface area contributed by atoms with Gasteiger partial charge in [0.1, 0.15) is 5.76 Å². The van der Waals surface area contributed by atoms with Gasteiger partial charge in [-0.1, -0.05) is 36.8 Å². The van der Waals surface area contributed by atoms with Crippen molar-refractivity contribution < 1.29 is 9.21 Å². The van der Waals surface area contributed by atoms with Gasteiger partial charge in [0.2, 0.25) is 0 Å². The minimum Gasteiger partial charge on any atom is -0.437 e. The molecule has 1 aromatic heterocycles. The molecule has 5 heteroatoms. The zero-order valence-electron chi connectivity index (χ0n) is 15.7. The molecule has 0 aliphatic carbocycles. The summed E-state index contributed by atoms with van der Waals surface area (Å²) in [6, 6.07) is 8.66. The molecule has 2 aliphatic heterocycles. The zero-order chi connectivity index (χ0) is 18.1. The number of carbonyl (C=O) groups excluding carboxylic acids is 1. The van der Waals surface area contributed by atoms with Gasteiger partial charge in [0.15, 0.2) is 0 Å². The van der Waals surface area contributed by atoms with Gasteiger partial charge in [-0.25, -0.2) is 4.98 Å². The number of carbonyl (C=O) groups is 1. The maximum atomic E-state index is 12.7. The van der Waals surface area contributed by atoms with E-state index in [9.17, 15) is 4.79 Å². The number of likely N-dealkylation sites (tertiary alicyclic amines) is 1. The monoisotopic (exact) mass is 353 g/mol. The van der Waals surface area contributed by atoms with Gasteiger partial charge in [0, 0.05) is 39.1 Å². The van der Waals surface area contributed by atoms with Gasteiger partial charge in [-0.2, -0.15) is 0 Å². The lowest BCUT2D eigenvalue weighted by molar-refractivity contribution is 0.0640. The minimum atomic E-state index is -0.0453. The number of amides is 1. The second-order valence-corrected chi connectivity index (χ2v) is 7.83. The highest BCUT2D eigenvalue weighted by Crippen LogP contribution is 2.24. The van der Waals surface area contributed by atoms with Crippen LogP contribution < -0.4 is 0 Å². The zero-order valence-corrected chi connectivity index (χ0v) is 15.7. The van der Waals surface area contributed by atoms with Crippen molar-refractivity contribution in [3.8, 4) is 0 Å². The number of oxazole rings is 1. The molecule has 0 unspecified atom stereocenters. The van der Waals surface area contributed by atoms with Crippen LogP contribution in [0.4, 0.5) is 0 Å². The Morgan fingerprint density at radius 2 is 2.08 bits per heavy atom. The molecule has 0 N–H and O–H groups in total. The summed E-state index contributed by atoms with van der Waals surface area (Å²) in [5.74, 6) is 1.68. The number of hydrogen-bond donors (Lipinski definition) is 0. The average Bonchev–Trinajstić information content (AvgIpc) is 3.06. The quantitative estimate of drug-likeness (QED) is 0.848. The number of aryl methyl sites for hydroxylation is 1. The van der Waals surface area contributed by atoms with E-state index in [1.165, 1.54) is 17.5 Å². The molecule has 0 radical (unpaired) electrons. The van der Waals surface area contributed by atoms with Crippen LogP contribution in [0.1, 0.15) is 53.0 Å². The fraction of sp³-hybridized carbons (Fsp3) is 0.524. The SMILES string of the molecule is Cc1ccc(CN2CCc3oc(C(=O)N4CCC[C@@H](C)C4)nc3C2)cc1. The van der Waals surface area contributed by atoms with E-state index in [-0.39, 0.29) is 11.8 Å². The molecule has 2 aliphatic rings. The Bertz CT molecular complexity index is 781. The van der Waals surface area contributed by atoms with E-state index < -0.39 is 0 Å². The van der Waals surface area contributed by atoms with Crippen molar-refractivity contribution in [2.75, 3.05) is 19.6 Å². The summed E-state index contributed by atoms with van der Waals surface area (Å²) in [5.41, 5.74) is 3.51. The van der Waals surface area contributed by atoms with Gasteiger partial charge in [-0.15, -0.1) is 0 Å². The molecule has 1 aromatic carbocycles. The Labute approximate surface area is 155 Å². The van der Waals surface area contributed by atoms with E-state index in [2.05, 4.69) is 48.0 Å². The molecule has 3 heterocycles. The highest BCUT2D eigenvalue weighted by atomic mass is 16.4. The first-order chi connectivity index (χ1) is 12.6. The van der Waals surface area contributed by atoms with Crippen LogP contribution in [0.2, 0.25) is 0 Å². The minimum absolute atomic E-state index is 0.0453. The standard InChI is InChI=1S/C21H27N3O2/c1-15-5-7-17(8-6-15)13-23-11-9-19-18(14-23)22-20(26-19)21(25)24-10-3-4-16(2)12-24/h5-8,16H,3-4,9-14H2,1-2H3/t16-/m1/s1. The summed E-state index contributed by atoms with van der Waals surface area (Å²) in [4.78, 5) is 21.5. The summed E-state index contributed by atoms with van der Waals surface area (Å²) in [7, 11) is 0. The fourth-order valence-corrected chi connectivity index (χ4v) is 3.94. The normalized spacial score (nSPS) is 20.8. The number of nitrogens with zero attached hydrogens (tertiary/aromatic N) is 3. The lowest BCUT2D eigenvalue weighted by Gasteiger charge is -2.29. The number of rotatable bonds is 3. The second-order valence-electron chi connectivity index (χ2n) is 7.83. The molecule has 5 nitrogen and oxygen atoms in total. The van der Waals surface area contributed by atoms with Crippen LogP contribution in [0.3, 0.4) is 0 Å². The molecule has 1 fully saturated rings. The van der Waals surface area contributed by atoms with E-state index in [1.54, 1.807) is 0 Å². The van der Waals surface area contributed by atoms with Crippen molar-refractivity contribution in [3.63, 3.8) is 0 Å². The van der Waals surface area contributed by atoms with Crippen LogP contribution >= 0.6 is 0 Å². The average molecular weight is 353 g/mol. The van der Waals surface area contributed by atoms with Crippen molar-refractivity contribution in [1.29, 1.82) is 0 Å². The van der Waals surface area contributed by atoms with Gasteiger partial charge in [-0.05, 0) is 31.2 Å². The third-order valence-corrected chi connectivity index (χ3v) is 5.46. The maximum absolute atomic E-state index is 12.7. The third-order valence-electron chi connectivity index (χ3n) is 5.46. The Morgan fingerprint density at radius 1 is 1.27 bits per heavy atom. The first-order valence-electron chi connectivity index (χ1n) is 9.64. The molecule has 0 saturated carbocycles. The third kappa shape index (κ3) is 3.68. The molecule has 0 spiro atoms. The Balaban J connectivity index is 1.43. The maximum Gasteiger partial charge on any atom is 0.309 e. The van der Waals surface area contributed by atoms with Crippen molar-refractivity contribution in [2.45, 2.75) is 46.2 Å². The van der Waals surface area contributed by atoms with Crippen molar-refractivity contribution in [2.24, 2.45) is 5.92 Å². The first-order valence-corrected chi connectivity index (χ1v) is 9.64. The van der Waals surface area contributed by atoms with Crippen molar-refractivity contribution >= 4 is 5.91 Å². The van der Waals surface area contributed by atoms with E-state index in [0.29, 0.717) is 5.92 Å². The van der Waals surface area contributed by atoms with E-state index >= 15 is 0 Å². The molecule has 1 amide bonds. The summed E-state index contributed by atoms with van der Waals surface area (Å²) >= 11 is 0. The van der Waals surface area contributed by atoms with Gasteiger partial charge >= 0.3 is 5.91 Å². The smallest absolute Gasteiger partial charge is 0.309 e. The Morgan fingerprint density at radius 3 is 2.85 bits per heavy atom. The van der Waals surface area contributed by atoms with Crippen LogP contribution in [-0.4, -0.2) is 40.3 Å². The summed E-state index contributed by atoms with van der Waals surface area (Å²) in [6.45, 7) is 8.51. The summed E-state index contributed by atoms with van der Waals surface area (Å²) in [5, 5.41) is 0.